The van der Waals surface area contributed by atoms with Crippen molar-refractivity contribution in [3.8, 4) is 5.88 Å². The first-order valence-electron chi connectivity index (χ1n) is 6.38. The quantitative estimate of drug-likeness (QED) is 0.843. The highest BCUT2D eigenvalue weighted by Crippen LogP contribution is 2.10. The molecule has 0 aromatic carbocycles. The molecular weight excluding hydrogens is 228 g/mol. The van der Waals surface area contributed by atoms with E-state index in [0.29, 0.717) is 5.88 Å². The van der Waals surface area contributed by atoms with Crippen molar-refractivity contribution >= 4 is 5.96 Å². The predicted octanol–water partition coefficient (Wildman–Crippen LogP) is 1.31. The van der Waals surface area contributed by atoms with Crippen molar-refractivity contribution in [1.29, 1.82) is 0 Å². The van der Waals surface area contributed by atoms with Crippen LogP contribution in [0.5, 0.6) is 5.88 Å². The van der Waals surface area contributed by atoms with Gasteiger partial charge in [0.1, 0.15) is 0 Å². The van der Waals surface area contributed by atoms with Crippen molar-refractivity contribution in [2.75, 3.05) is 13.1 Å². The first kappa shape index (κ1) is 12.7. The molecule has 1 aliphatic heterocycles. The lowest BCUT2D eigenvalue weighted by atomic mass is 10.2. The van der Waals surface area contributed by atoms with Crippen molar-refractivity contribution in [3.63, 3.8) is 0 Å². The van der Waals surface area contributed by atoms with Gasteiger partial charge >= 0.3 is 0 Å². The minimum absolute atomic E-state index is 0.144. The van der Waals surface area contributed by atoms with Gasteiger partial charge < -0.3 is 15.4 Å². The molecule has 1 aromatic heterocycles. The van der Waals surface area contributed by atoms with Crippen LogP contribution < -0.4 is 15.4 Å². The summed E-state index contributed by atoms with van der Waals surface area (Å²) in [5, 5.41) is 6.50. The molecule has 0 amide bonds. The molecule has 98 valence electrons. The Hall–Kier alpha value is -1.78. The van der Waals surface area contributed by atoms with Gasteiger partial charge in [0.15, 0.2) is 5.96 Å². The maximum atomic E-state index is 5.56. The molecule has 0 fully saturated rings. The molecule has 0 saturated carbocycles. The number of nitrogens with zero attached hydrogens (tertiary/aromatic N) is 2. The fourth-order valence-corrected chi connectivity index (χ4v) is 1.70. The summed E-state index contributed by atoms with van der Waals surface area (Å²) in [6.45, 7) is 6.60. The normalized spacial score (nSPS) is 14.9. The molecule has 0 saturated heterocycles. The Labute approximate surface area is 108 Å². The Morgan fingerprint density at radius 1 is 1.50 bits per heavy atom. The molecule has 0 aliphatic carbocycles. The number of nitrogens with one attached hydrogen (secondary N) is 2. The number of ether oxygens (including phenoxy) is 1. The van der Waals surface area contributed by atoms with Crippen LogP contribution in [0.4, 0.5) is 0 Å². The molecule has 2 N–H and O–H groups in total. The van der Waals surface area contributed by atoms with E-state index in [1.165, 1.54) is 0 Å². The highest BCUT2D eigenvalue weighted by Gasteiger charge is 2.04. The van der Waals surface area contributed by atoms with Crippen LogP contribution in [0.2, 0.25) is 0 Å². The summed E-state index contributed by atoms with van der Waals surface area (Å²) in [5.74, 6) is 1.55. The number of pyridine rings is 1. The van der Waals surface area contributed by atoms with Crippen LogP contribution in [-0.2, 0) is 6.54 Å². The third-order valence-corrected chi connectivity index (χ3v) is 2.51. The molecule has 0 unspecified atom stereocenters. The largest absolute Gasteiger partial charge is 0.475 e. The van der Waals surface area contributed by atoms with Crippen molar-refractivity contribution in [2.24, 2.45) is 4.99 Å². The topological polar surface area (TPSA) is 58.5 Å². The minimum Gasteiger partial charge on any atom is -0.475 e. The Kier molecular flexibility index (Phi) is 4.39. The van der Waals surface area contributed by atoms with Gasteiger partial charge in [0.2, 0.25) is 5.88 Å². The number of aromatic nitrogens is 1. The number of aliphatic imine (C=N–C) groups is 1. The minimum atomic E-state index is 0.144. The fourth-order valence-electron chi connectivity index (χ4n) is 1.70. The van der Waals surface area contributed by atoms with Crippen LogP contribution in [0.3, 0.4) is 0 Å². The van der Waals surface area contributed by atoms with Gasteiger partial charge in [0, 0.05) is 31.9 Å². The van der Waals surface area contributed by atoms with Gasteiger partial charge in [-0.25, -0.2) is 4.98 Å². The summed E-state index contributed by atoms with van der Waals surface area (Å²) in [7, 11) is 0. The average Bonchev–Trinajstić information content (AvgIpc) is 2.37. The van der Waals surface area contributed by atoms with Crippen LogP contribution >= 0.6 is 0 Å². The van der Waals surface area contributed by atoms with E-state index in [0.717, 1.165) is 37.6 Å². The van der Waals surface area contributed by atoms with Crippen molar-refractivity contribution in [1.82, 2.24) is 15.6 Å². The molecular formula is C13H20N4O. The molecule has 18 heavy (non-hydrogen) atoms. The second-order valence-electron chi connectivity index (χ2n) is 4.53. The van der Waals surface area contributed by atoms with E-state index in [4.69, 9.17) is 4.74 Å². The molecule has 0 atom stereocenters. The van der Waals surface area contributed by atoms with Gasteiger partial charge in [0.05, 0.1) is 6.10 Å². The highest BCUT2D eigenvalue weighted by molar-refractivity contribution is 5.80. The summed E-state index contributed by atoms with van der Waals surface area (Å²) >= 11 is 0. The zero-order valence-electron chi connectivity index (χ0n) is 10.9. The molecule has 5 heteroatoms. The van der Waals surface area contributed by atoms with Gasteiger partial charge in [0.25, 0.3) is 0 Å². The molecule has 0 bridgehead atoms. The smallest absolute Gasteiger partial charge is 0.213 e. The van der Waals surface area contributed by atoms with Gasteiger partial charge in [-0.2, -0.15) is 0 Å². The van der Waals surface area contributed by atoms with Crippen molar-refractivity contribution < 1.29 is 4.74 Å². The summed E-state index contributed by atoms with van der Waals surface area (Å²) in [6.07, 6.45) is 3.02. The Bertz CT molecular complexity index is 417. The maximum absolute atomic E-state index is 5.56. The third-order valence-electron chi connectivity index (χ3n) is 2.51. The molecule has 1 aliphatic rings. The molecule has 5 nitrogen and oxygen atoms in total. The number of guanidine groups is 1. The lowest BCUT2D eigenvalue weighted by Crippen LogP contribution is -2.40. The number of rotatable bonds is 4. The van der Waals surface area contributed by atoms with E-state index >= 15 is 0 Å². The van der Waals surface area contributed by atoms with E-state index < -0.39 is 0 Å². The summed E-state index contributed by atoms with van der Waals surface area (Å²) in [5.41, 5.74) is 1.13. The van der Waals surface area contributed by atoms with Crippen LogP contribution in [0, 0.1) is 0 Å². The monoisotopic (exact) mass is 248 g/mol. The summed E-state index contributed by atoms with van der Waals surface area (Å²) < 4.78 is 5.56. The fraction of sp³-hybridized carbons (Fsp3) is 0.538. The van der Waals surface area contributed by atoms with Crippen molar-refractivity contribution in [2.45, 2.75) is 32.9 Å². The summed E-state index contributed by atoms with van der Waals surface area (Å²) in [4.78, 5) is 8.54. The van der Waals surface area contributed by atoms with E-state index in [1.807, 2.05) is 26.0 Å². The van der Waals surface area contributed by atoms with E-state index in [9.17, 15) is 0 Å². The molecule has 0 spiro atoms. The Balaban J connectivity index is 1.90. The van der Waals surface area contributed by atoms with Crippen LogP contribution in [0.15, 0.2) is 23.3 Å². The molecule has 2 heterocycles. The lowest BCUT2D eigenvalue weighted by Gasteiger charge is -2.16. The standard InChI is InChI=1S/C13H20N4O/c1-10(2)18-12-8-11(4-7-14-12)9-17-13-15-5-3-6-16-13/h4,7-8,10H,3,5-6,9H2,1-2H3,(H2,15,16,17). The van der Waals surface area contributed by atoms with Gasteiger partial charge in [-0.1, -0.05) is 0 Å². The number of hydrogen-bond acceptors (Lipinski definition) is 5. The van der Waals surface area contributed by atoms with Gasteiger partial charge in [-0.3, -0.25) is 4.99 Å². The average molecular weight is 248 g/mol. The first-order valence-corrected chi connectivity index (χ1v) is 6.38. The first-order chi connectivity index (χ1) is 8.74. The summed E-state index contributed by atoms with van der Waals surface area (Å²) in [6, 6.07) is 3.93. The maximum Gasteiger partial charge on any atom is 0.213 e. The van der Waals surface area contributed by atoms with E-state index in [2.05, 4.69) is 20.6 Å². The Morgan fingerprint density at radius 3 is 3.11 bits per heavy atom. The van der Waals surface area contributed by atoms with Gasteiger partial charge in [-0.05, 0) is 31.9 Å². The van der Waals surface area contributed by atoms with Crippen LogP contribution in [-0.4, -0.2) is 30.1 Å². The number of hydrogen-bond donors (Lipinski definition) is 2. The highest BCUT2D eigenvalue weighted by atomic mass is 16.5. The van der Waals surface area contributed by atoms with E-state index in [-0.39, 0.29) is 6.10 Å². The lowest BCUT2D eigenvalue weighted by molar-refractivity contribution is 0.232. The van der Waals surface area contributed by atoms with Crippen LogP contribution in [0.1, 0.15) is 25.8 Å². The second-order valence-corrected chi connectivity index (χ2v) is 4.53. The molecule has 1 aromatic rings. The molecule has 0 radical (unpaired) electrons. The zero-order valence-corrected chi connectivity index (χ0v) is 10.9. The SMILES string of the molecule is CC(C)Oc1cc(CNC2=NCCCN2)ccn1. The third kappa shape index (κ3) is 3.91. The van der Waals surface area contributed by atoms with E-state index in [1.54, 1.807) is 6.20 Å². The van der Waals surface area contributed by atoms with Crippen molar-refractivity contribution in [3.05, 3.63) is 23.9 Å². The predicted molar refractivity (Wildman–Crippen MR) is 71.8 cm³/mol. The van der Waals surface area contributed by atoms with Gasteiger partial charge in [-0.15, -0.1) is 0 Å². The second kappa shape index (κ2) is 6.23. The molecule has 2 rings (SSSR count). The van der Waals surface area contributed by atoms with Crippen LogP contribution in [0.25, 0.3) is 0 Å². The Morgan fingerprint density at radius 2 is 2.39 bits per heavy atom. The zero-order chi connectivity index (χ0) is 12.8.